The van der Waals surface area contributed by atoms with E-state index in [0.29, 0.717) is 22.8 Å². The highest BCUT2D eigenvalue weighted by Gasteiger charge is 2.28. The number of hydrogen-bond donors (Lipinski definition) is 1. The van der Waals surface area contributed by atoms with Gasteiger partial charge in [-0.1, -0.05) is 49.2 Å². The molecule has 0 spiro atoms. The average Bonchev–Trinajstić information content (AvgIpc) is 2.60. The Labute approximate surface area is 166 Å². The molecule has 0 aliphatic rings. The van der Waals surface area contributed by atoms with Crippen LogP contribution in [0.5, 0.6) is 0 Å². The first-order valence-electron chi connectivity index (χ1n) is 8.73. The van der Waals surface area contributed by atoms with E-state index in [1.165, 1.54) is 0 Å². The molecular formula is C20H25ClN2O3S. The van der Waals surface area contributed by atoms with Gasteiger partial charge >= 0.3 is 0 Å². The van der Waals surface area contributed by atoms with Crippen LogP contribution in [0.4, 0.5) is 5.69 Å². The van der Waals surface area contributed by atoms with Gasteiger partial charge in [-0.25, -0.2) is 8.42 Å². The lowest BCUT2D eigenvalue weighted by Gasteiger charge is -2.26. The molecule has 5 nitrogen and oxygen atoms in total. The molecule has 0 radical (unpaired) electrons. The fourth-order valence-corrected chi connectivity index (χ4v) is 4.14. The molecule has 0 saturated heterocycles. The van der Waals surface area contributed by atoms with Crippen molar-refractivity contribution in [2.75, 3.05) is 17.4 Å². The maximum atomic E-state index is 13.3. The van der Waals surface area contributed by atoms with Crippen LogP contribution in [0.1, 0.15) is 25.0 Å². The van der Waals surface area contributed by atoms with Crippen LogP contribution < -0.4 is 9.62 Å². The summed E-state index contributed by atoms with van der Waals surface area (Å²) in [6.45, 7) is 7.78. The van der Waals surface area contributed by atoms with Gasteiger partial charge in [0, 0.05) is 11.6 Å². The van der Waals surface area contributed by atoms with E-state index in [9.17, 15) is 13.2 Å². The van der Waals surface area contributed by atoms with Crippen LogP contribution in [0, 0.1) is 19.8 Å². The lowest BCUT2D eigenvalue weighted by atomic mass is 10.2. The van der Waals surface area contributed by atoms with Gasteiger partial charge in [0.25, 0.3) is 10.0 Å². The van der Waals surface area contributed by atoms with Gasteiger partial charge in [-0.15, -0.1) is 0 Å². The van der Waals surface area contributed by atoms with Crippen LogP contribution in [0.3, 0.4) is 0 Å². The number of benzene rings is 2. The van der Waals surface area contributed by atoms with Crippen LogP contribution in [-0.2, 0) is 14.8 Å². The molecule has 2 aromatic rings. The molecule has 0 aliphatic carbocycles. The maximum Gasteiger partial charge on any atom is 0.264 e. The van der Waals surface area contributed by atoms with E-state index in [2.05, 4.69) is 5.32 Å². The SMILES string of the molecule is Cc1ccc(S(=O)(=O)N(CC(=O)NCC(C)C)c2cc(Cl)ccc2C)cc1. The summed E-state index contributed by atoms with van der Waals surface area (Å²) >= 11 is 6.10. The second-order valence-corrected chi connectivity index (χ2v) is 9.25. The standard InChI is InChI=1S/C20H25ClN2O3S/c1-14(2)12-22-20(24)13-23(19-11-17(21)8-7-16(19)4)27(25,26)18-9-5-15(3)6-10-18/h5-11,14H,12-13H2,1-4H3,(H,22,24). The monoisotopic (exact) mass is 408 g/mol. The van der Waals surface area contributed by atoms with Gasteiger partial charge in [0.15, 0.2) is 0 Å². The average molecular weight is 409 g/mol. The molecule has 1 amide bonds. The van der Waals surface area contributed by atoms with Crippen LogP contribution in [0.2, 0.25) is 5.02 Å². The van der Waals surface area contributed by atoms with E-state index < -0.39 is 10.0 Å². The molecule has 0 bridgehead atoms. The number of rotatable bonds is 7. The molecule has 0 atom stereocenters. The first-order valence-corrected chi connectivity index (χ1v) is 10.6. The first-order chi connectivity index (χ1) is 12.6. The summed E-state index contributed by atoms with van der Waals surface area (Å²) in [5.74, 6) is -0.0947. The van der Waals surface area contributed by atoms with Gasteiger partial charge in [0.2, 0.25) is 5.91 Å². The molecule has 0 fully saturated rings. The highest BCUT2D eigenvalue weighted by Crippen LogP contribution is 2.29. The van der Waals surface area contributed by atoms with Gasteiger partial charge in [-0.3, -0.25) is 9.10 Å². The Hall–Kier alpha value is -2.05. The molecular weight excluding hydrogens is 384 g/mol. The molecule has 2 aromatic carbocycles. The Morgan fingerprint density at radius 3 is 2.33 bits per heavy atom. The lowest BCUT2D eigenvalue weighted by Crippen LogP contribution is -2.42. The number of sulfonamides is 1. The van der Waals surface area contributed by atoms with Gasteiger partial charge in [-0.05, 0) is 49.6 Å². The largest absolute Gasteiger partial charge is 0.354 e. The van der Waals surface area contributed by atoms with Crippen molar-refractivity contribution in [3.63, 3.8) is 0 Å². The summed E-state index contributed by atoms with van der Waals surface area (Å²) in [5.41, 5.74) is 2.06. The van der Waals surface area contributed by atoms with Crippen LogP contribution in [0.15, 0.2) is 47.4 Å². The van der Waals surface area contributed by atoms with Gasteiger partial charge in [0.05, 0.1) is 10.6 Å². The molecule has 0 aliphatic heterocycles. The van der Waals surface area contributed by atoms with Crippen molar-refractivity contribution in [2.45, 2.75) is 32.6 Å². The summed E-state index contributed by atoms with van der Waals surface area (Å²) in [4.78, 5) is 12.5. The minimum atomic E-state index is -3.93. The predicted molar refractivity (Wildman–Crippen MR) is 110 cm³/mol. The van der Waals surface area contributed by atoms with E-state index in [0.717, 1.165) is 9.87 Å². The summed E-state index contributed by atoms with van der Waals surface area (Å²) in [6.07, 6.45) is 0. The molecule has 0 unspecified atom stereocenters. The fourth-order valence-electron chi connectivity index (χ4n) is 2.49. The Bertz CT molecular complexity index is 909. The normalized spacial score (nSPS) is 11.5. The highest BCUT2D eigenvalue weighted by molar-refractivity contribution is 7.92. The predicted octanol–water partition coefficient (Wildman–Crippen LogP) is 3.92. The third-order valence-corrected chi connectivity index (χ3v) is 6.05. The van der Waals surface area contributed by atoms with Gasteiger partial charge in [0.1, 0.15) is 6.54 Å². The van der Waals surface area contributed by atoms with E-state index in [-0.39, 0.29) is 23.3 Å². The summed E-state index contributed by atoms with van der Waals surface area (Å²) in [6, 6.07) is 11.5. The Balaban J connectivity index is 2.47. The number of nitrogens with one attached hydrogen (secondary N) is 1. The minimum Gasteiger partial charge on any atom is -0.354 e. The number of hydrogen-bond acceptors (Lipinski definition) is 3. The fraction of sp³-hybridized carbons (Fsp3) is 0.350. The first kappa shape index (κ1) is 21.3. The smallest absolute Gasteiger partial charge is 0.264 e. The molecule has 2 rings (SSSR count). The molecule has 146 valence electrons. The third kappa shape index (κ3) is 5.47. The maximum absolute atomic E-state index is 13.3. The number of amides is 1. The zero-order valence-corrected chi connectivity index (χ0v) is 17.6. The summed E-state index contributed by atoms with van der Waals surface area (Å²) in [7, 11) is -3.93. The highest BCUT2D eigenvalue weighted by atomic mass is 35.5. The zero-order chi connectivity index (χ0) is 20.2. The topological polar surface area (TPSA) is 66.5 Å². The zero-order valence-electron chi connectivity index (χ0n) is 16.0. The Morgan fingerprint density at radius 1 is 1.11 bits per heavy atom. The number of carbonyl (C=O) groups is 1. The molecule has 1 N–H and O–H groups in total. The number of anilines is 1. The van der Waals surface area contributed by atoms with Crippen molar-refractivity contribution in [1.29, 1.82) is 0 Å². The molecule has 0 aromatic heterocycles. The molecule has 7 heteroatoms. The summed E-state index contributed by atoms with van der Waals surface area (Å²) in [5, 5.41) is 3.18. The number of carbonyl (C=O) groups excluding carboxylic acids is 1. The molecule has 0 saturated carbocycles. The molecule has 0 heterocycles. The number of nitrogens with zero attached hydrogens (tertiary/aromatic N) is 1. The van der Waals surface area contributed by atoms with Gasteiger partial charge in [-0.2, -0.15) is 0 Å². The van der Waals surface area contributed by atoms with Crippen molar-refractivity contribution in [2.24, 2.45) is 5.92 Å². The van der Waals surface area contributed by atoms with Crippen LogP contribution in [0.25, 0.3) is 0 Å². The van der Waals surface area contributed by atoms with E-state index >= 15 is 0 Å². The Kier molecular flexibility index (Phi) is 6.89. The van der Waals surface area contributed by atoms with Crippen molar-refractivity contribution >= 4 is 33.2 Å². The van der Waals surface area contributed by atoms with Crippen LogP contribution >= 0.6 is 11.6 Å². The molecule has 27 heavy (non-hydrogen) atoms. The van der Waals surface area contributed by atoms with E-state index in [1.807, 2.05) is 20.8 Å². The van der Waals surface area contributed by atoms with Crippen molar-refractivity contribution in [3.8, 4) is 0 Å². The van der Waals surface area contributed by atoms with Gasteiger partial charge < -0.3 is 5.32 Å². The number of halogens is 1. The second kappa shape index (κ2) is 8.76. The number of aryl methyl sites for hydroxylation is 2. The summed E-state index contributed by atoms with van der Waals surface area (Å²) < 4.78 is 27.7. The lowest BCUT2D eigenvalue weighted by molar-refractivity contribution is -0.119. The van der Waals surface area contributed by atoms with Crippen LogP contribution in [-0.4, -0.2) is 27.4 Å². The van der Waals surface area contributed by atoms with E-state index in [1.54, 1.807) is 49.4 Å². The quantitative estimate of drug-likeness (QED) is 0.754. The van der Waals surface area contributed by atoms with Crippen molar-refractivity contribution in [3.05, 3.63) is 58.6 Å². The van der Waals surface area contributed by atoms with Crippen molar-refractivity contribution in [1.82, 2.24) is 5.32 Å². The third-order valence-electron chi connectivity index (χ3n) is 4.04. The van der Waals surface area contributed by atoms with Crippen molar-refractivity contribution < 1.29 is 13.2 Å². The second-order valence-electron chi connectivity index (χ2n) is 6.95. The minimum absolute atomic E-state index is 0.129. The van der Waals surface area contributed by atoms with E-state index in [4.69, 9.17) is 11.6 Å². The Morgan fingerprint density at radius 2 is 1.74 bits per heavy atom.